The molecule has 0 spiro atoms. The Balaban J connectivity index is 1.49. The molecule has 2 N–H and O–H groups in total. The molecule has 1 amide bonds. The lowest BCUT2D eigenvalue weighted by atomic mass is 9.91. The van der Waals surface area contributed by atoms with Crippen LogP contribution in [0.2, 0.25) is 0 Å². The van der Waals surface area contributed by atoms with E-state index in [-0.39, 0.29) is 11.9 Å². The van der Waals surface area contributed by atoms with E-state index in [2.05, 4.69) is 21.5 Å². The van der Waals surface area contributed by atoms with Gasteiger partial charge in [0.15, 0.2) is 0 Å². The summed E-state index contributed by atoms with van der Waals surface area (Å²) >= 11 is 0. The Labute approximate surface area is 158 Å². The second-order valence-corrected chi connectivity index (χ2v) is 7.34. The molecule has 1 aromatic carbocycles. The van der Waals surface area contributed by atoms with Gasteiger partial charge in [0.1, 0.15) is 5.75 Å². The fraction of sp³-hybridized carbons (Fsp3) is 0.429. The first-order valence-electron chi connectivity index (χ1n) is 9.54. The van der Waals surface area contributed by atoms with E-state index in [1.54, 1.807) is 7.11 Å². The number of methoxy groups -OCH3 is 1. The number of aromatic amines is 1. The fourth-order valence-corrected chi connectivity index (χ4v) is 4.09. The molecule has 1 aliphatic rings. The number of carbonyl (C=O) groups is 1. The van der Waals surface area contributed by atoms with Gasteiger partial charge < -0.3 is 15.0 Å². The van der Waals surface area contributed by atoms with E-state index in [1.807, 2.05) is 36.7 Å². The molecule has 3 aromatic rings. The SMILES string of the molecule is COc1ccc2[nH]c3c(c2c1)CCCC3NC(=O)CCn1nc(C)cc1C. The van der Waals surface area contributed by atoms with Crippen LogP contribution < -0.4 is 10.1 Å². The molecule has 2 aromatic heterocycles. The minimum absolute atomic E-state index is 0.0418. The maximum Gasteiger partial charge on any atom is 0.222 e. The monoisotopic (exact) mass is 366 g/mol. The van der Waals surface area contributed by atoms with Crippen LogP contribution in [0.4, 0.5) is 0 Å². The van der Waals surface area contributed by atoms with Gasteiger partial charge in [-0.25, -0.2) is 0 Å². The van der Waals surface area contributed by atoms with Crippen LogP contribution in [0.5, 0.6) is 5.75 Å². The minimum Gasteiger partial charge on any atom is -0.497 e. The summed E-state index contributed by atoms with van der Waals surface area (Å²) in [7, 11) is 1.69. The Morgan fingerprint density at radius 3 is 2.96 bits per heavy atom. The normalized spacial score (nSPS) is 16.3. The number of benzene rings is 1. The number of hydrogen-bond acceptors (Lipinski definition) is 3. The van der Waals surface area contributed by atoms with Gasteiger partial charge in [0.2, 0.25) is 5.91 Å². The molecule has 27 heavy (non-hydrogen) atoms. The van der Waals surface area contributed by atoms with Crippen LogP contribution in [0.1, 0.15) is 47.9 Å². The van der Waals surface area contributed by atoms with E-state index < -0.39 is 0 Å². The van der Waals surface area contributed by atoms with Crippen molar-refractivity contribution in [1.29, 1.82) is 0 Å². The number of rotatable bonds is 5. The van der Waals surface area contributed by atoms with Gasteiger partial charge in [-0.3, -0.25) is 9.48 Å². The minimum atomic E-state index is 0.0418. The van der Waals surface area contributed by atoms with Crippen molar-refractivity contribution >= 4 is 16.8 Å². The van der Waals surface area contributed by atoms with E-state index in [0.29, 0.717) is 13.0 Å². The van der Waals surface area contributed by atoms with E-state index >= 15 is 0 Å². The zero-order valence-electron chi connectivity index (χ0n) is 16.1. The topological polar surface area (TPSA) is 71.9 Å². The van der Waals surface area contributed by atoms with Gasteiger partial charge in [-0.05, 0) is 62.9 Å². The van der Waals surface area contributed by atoms with Crippen molar-refractivity contribution in [3.8, 4) is 5.75 Å². The van der Waals surface area contributed by atoms with Crippen molar-refractivity contribution in [3.63, 3.8) is 0 Å². The molecule has 1 atom stereocenters. The number of fused-ring (bicyclic) bond motifs is 3. The molecule has 6 nitrogen and oxygen atoms in total. The Hall–Kier alpha value is -2.76. The summed E-state index contributed by atoms with van der Waals surface area (Å²) in [5, 5.41) is 8.85. The molecule has 0 fully saturated rings. The number of amides is 1. The zero-order valence-corrected chi connectivity index (χ0v) is 16.1. The second-order valence-electron chi connectivity index (χ2n) is 7.34. The average Bonchev–Trinajstić information content (AvgIpc) is 3.19. The Bertz CT molecular complexity index is 986. The predicted molar refractivity (Wildman–Crippen MR) is 105 cm³/mol. The van der Waals surface area contributed by atoms with Gasteiger partial charge in [0, 0.05) is 35.3 Å². The van der Waals surface area contributed by atoms with Gasteiger partial charge >= 0.3 is 0 Å². The number of ether oxygens (including phenoxy) is 1. The standard InChI is InChI=1S/C21H26N4O2/c1-13-11-14(2)25(24-13)10-9-20(26)22-19-6-4-5-16-17-12-15(27-3)7-8-18(17)23-21(16)19/h7-8,11-12,19,23H,4-6,9-10H2,1-3H3,(H,22,26). The number of nitrogens with one attached hydrogen (secondary N) is 2. The predicted octanol–water partition coefficient (Wildman–Crippen LogP) is 3.57. The van der Waals surface area contributed by atoms with Gasteiger partial charge in [-0.15, -0.1) is 0 Å². The van der Waals surface area contributed by atoms with Crippen LogP contribution >= 0.6 is 0 Å². The third-order valence-corrected chi connectivity index (χ3v) is 5.40. The Morgan fingerprint density at radius 1 is 1.37 bits per heavy atom. The van der Waals surface area contributed by atoms with Gasteiger partial charge in [0.05, 0.1) is 18.8 Å². The molecule has 2 heterocycles. The maximum atomic E-state index is 12.5. The molecule has 1 unspecified atom stereocenters. The van der Waals surface area contributed by atoms with E-state index in [4.69, 9.17) is 4.74 Å². The molecule has 0 aliphatic heterocycles. The first-order valence-corrected chi connectivity index (χ1v) is 9.54. The quantitative estimate of drug-likeness (QED) is 0.725. The third-order valence-electron chi connectivity index (χ3n) is 5.40. The third kappa shape index (κ3) is 3.44. The van der Waals surface area contributed by atoms with Crippen LogP contribution in [-0.4, -0.2) is 27.8 Å². The lowest BCUT2D eigenvalue weighted by Crippen LogP contribution is -2.31. The highest BCUT2D eigenvalue weighted by Gasteiger charge is 2.25. The number of H-pyrrole nitrogens is 1. The van der Waals surface area contributed by atoms with Gasteiger partial charge in [0.25, 0.3) is 0 Å². The number of aryl methyl sites for hydroxylation is 4. The number of nitrogens with zero attached hydrogens (tertiary/aromatic N) is 2. The largest absolute Gasteiger partial charge is 0.497 e. The van der Waals surface area contributed by atoms with Crippen LogP contribution in [0.3, 0.4) is 0 Å². The first kappa shape index (κ1) is 17.6. The zero-order chi connectivity index (χ0) is 19.0. The molecule has 0 saturated heterocycles. The van der Waals surface area contributed by atoms with Crippen LogP contribution in [-0.2, 0) is 17.8 Å². The molecular weight excluding hydrogens is 340 g/mol. The summed E-state index contributed by atoms with van der Waals surface area (Å²) in [6, 6.07) is 8.17. The summed E-state index contributed by atoms with van der Waals surface area (Å²) in [6.07, 6.45) is 3.49. The highest BCUT2D eigenvalue weighted by Crippen LogP contribution is 2.36. The van der Waals surface area contributed by atoms with Gasteiger partial charge in [-0.2, -0.15) is 5.10 Å². The molecule has 142 valence electrons. The molecule has 0 radical (unpaired) electrons. The average molecular weight is 366 g/mol. The molecule has 1 aliphatic carbocycles. The molecule has 4 rings (SSSR count). The number of carbonyl (C=O) groups excluding carboxylic acids is 1. The van der Waals surface area contributed by atoms with Crippen LogP contribution in [0.15, 0.2) is 24.3 Å². The molecular formula is C21H26N4O2. The Morgan fingerprint density at radius 2 is 2.22 bits per heavy atom. The lowest BCUT2D eigenvalue weighted by molar-refractivity contribution is -0.122. The highest BCUT2D eigenvalue weighted by atomic mass is 16.5. The van der Waals surface area contributed by atoms with E-state index in [0.717, 1.165) is 47.6 Å². The van der Waals surface area contributed by atoms with Crippen molar-refractivity contribution in [3.05, 3.63) is 46.9 Å². The summed E-state index contributed by atoms with van der Waals surface area (Å²) in [5.41, 5.74) is 5.62. The molecule has 6 heteroatoms. The van der Waals surface area contributed by atoms with Crippen LogP contribution in [0, 0.1) is 13.8 Å². The second kappa shape index (κ2) is 7.10. The van der Waals surface area contributed by atoms with E-state index in [1.165, 1.54) is 10.9 Å². The van der Waals surface area contributed by atoms with Crippen molar-refractivity contribution in [2.75, 3.05) is 7.11 Å². The highest BCUT2D eigenvalue weighted by molar-refractivity contribution is 5.87. The number of aromatic nitrogens is 3. The van der Waals surface area contributed by atoms with Crippen LogP contribution in [0.25, 0.3) is 10.9 Å². The molecule has 0 saturated carbocycles. The van der Waals surface area contributed by atoms with Crippen molar-refractivity contribution in [2.24, 2.45) is 0 Å². The summed E-state index contributed by atoms with van der Waals surface area (Å²) in [6.45, 7) is 4.59. The van der Waals surface area contributed by atoms with Gasteiger partial charge in [-0.1, -0.05) is 0 Å². The summed E-state index contributed by atoms with van der Waals surface area (Å²) in [4.78, 5) is 16.1. The molecule has 0 bridgehead atoms. The van der Waals surface area contributed by atoms with E-state index in [9.17, 15) is 4.79 Å². The van der Waals surface area contributed by atoms with Crippen molar-refractivity contribution in [2.45, 2.75) is 52.1 Å². The van der Waals surface area contributed by atoms with Crippen molar-refractivity contribution in [1.82, 2.24) is 20.1 Å². The summed E-state index contributed by atoms with van der Waals surface area (Å²) < 4.78 is 7.27. The smallest absolute Gasteiger partial charge is 0.222 e. The first-order chi connectivity index (χ1) is 13.0. The van der Waals surface area contributed by atoms with Crippen molar-refractivity contribution < 1.29 is 9.53 Å². The lowest BCUT2D eigenvalue weighted by Gasteiger charge is -2.24. The summed E-state index contributed by atoms with van der Waals surface area (Å²) in [5.74, 6) is 0.928. The fourth-order valence-electron chi connectivity index (χ4n) is 4.09. The number of hydrogen-bond donors (Lipinski definition) is 2. The maximum absolute atomic E-state index is 12.5. The Kier molecular flexibility index (Phi) is 4.64.